The van der Waals surface area contributed by atoms with Crippen molar-refractivity contribution >= 4 is 39.0 Å². The Morgan fingerprint density at radius 3 is 2.10 bits per heavy atom. The van der Waals surface area contributed by atoms with Gasteiger partial charge in [0.05, 0.1) is 17.9 Å². The van der Waals surface area contributed by atoms with Crippen molar-refractivity contribution < 1.29 is 18.0 Å². The summed E-state index contributed by atoms with van der Waals surface area (Å²) in [5.41, 5.74) is 1.70. The number of Topliss-reactive ketones (excluding diaryl/α,β-unsaturated/α-hetero) is 1. The third kappa shape index (κ3) is 6.00. The van der Waals surface area contributed by atoms with E-state index < -0.39 is 10.0 Å². The Bertz CT molecular complexity index is 1130. The molecule has 0 aliphatic rings. The molecule has 2 N–H and O–H groups in total. The zero-order valence-electron chi connectivity index (χ0n) is 15.8. The van der Waals surface area contributed by atoms with Crippen LogP contribution in [0.4, 0.5) is 5.69 Å². The maximum Gasteiger partial charge on any atom is 0.240 e. The second kappa shape index (κ2) is 9.67. The van der Waals surface area contributed by atoms with Gasteiger partial charge in [0.15, 0.2) is 5.78 Å². The highest BCUT2D eigenvalue weighted by atomic mass is 35.5. The minimum absolute atomic E-state index is 0.000869. The van der Waals surface area contributed by atoms with Crippen LogP contribution in [0.3, 0.4) is 0 Å². The first-order valence-corrected chi connectivity index (χ1v) is 10.9. The number of hydrogen-bond donors (Lipinski definition) is 2. The van der Waals surface area contributed by atoms with Gasteiger partial charge in [-0.2, -0.15) is 0 Å². The summed E-state index contributed by atoms with van der Waals surface area (Å²) in [6.45, 7) is -0.341. The summed E-state index contributed by atoms with van der Waals surface area (Å²) in [5.74, 6) is -0.565. The lowest BCUT2D eigenvalue weighted by atomic mass is 10.1. The van der Waals surface area contributed by atoms with E-state index in [1.54, 1.807) is 54.6 Å². The Labute approximate surface area is 179 Å². The van der Waals surface area contributed by atoms with Crippen LogP contribution in [0, 0.1) is 0 Å². The predicted molar refractivity (Wildman–Crippen MR) is 116 cm³/mol. The van der Waals surface area contributed by atoms with Crippen LogP contribution >= 0.6 is 11.6 Å². The number of amides is 1. The molecule has 0 saturated heterocycles. The number of nitrogens with one attached hydrogen (secondary N) is 2. The lowest BCUT2D eigenvalue weighted by Gasteiger charge is -2.09. The number of ketones is 1. The van der Waals surface area contributed by atoms with E-state index in [0.29, 0.717) is 16.3 Å². The van der Waals surface area contributed by atoms with Gasteiger partial charge >= 0.3 is 0 Å². The number of halogens is 1. The molecule has 8 heteroatoms. The van der Waals surface area contributed by atoms with Crippen LogP contribution in [0.15, 0.2) is 83.8 Å². The summed E-state index contributed by atoms with van der Waals surface area (Å²) < 4.78 is 27.1. The van der Waals surface area contributed by atoms with Crippen LogP contribution < -0.4 is 10.0 Å². The fourth-order valence-electron chi connectivity index (χ4n) is 2.68. The minimum Gasteiger partial charge on any atom is -0.326 e. The first kappa shape index (κ1) is 21.7. The van der Waals surface area contributed by atoms with Gasteiger partial charge in [-0.05, 0) is 42.0 Å². The van der Waals surface area contributed by atoms with Crippen molar-refractivity contribution in [1.29, 1.82) is 0 Å². The number of sulfonamides is 1. The van der Waals surface area contributed by atoms with Gasteiger partial charge in [0.25, 0.3) is 0 Å². The summed E-state index contributed by atoms with van der Waals surface area (Å²) in [6.07, 6.45) is 0.167. The highest BCUT2D eigenvalue weighted by Crippen LogP contribution is 2.15. The molecule has 0 spiro atoms. The van der Waals surface area contributed by atoms with E-state index in [2.05, 4.69) is 10.0 Å². The quantitative estimate of drug-likeness (QED) is 0.520. The molecular formula is C22H19ClN2O4S. The average molecular weight is 443 g/mol. The van der Waals surface area contributed by atoms with E-state index in [1.165, 1.54) is 24.3 Å². The number of hydrogen-bond acceptors (Lipinski definition) is 4. The van der Waals surface area contributed by atoms with Crippen LogP contribution in [-0.2, 0) is 21.2 Å². The summed E-state index contributed by atoms with van der Waals surface area (Å²) in [4.78, 5) is 24.2. The zero-order valence-corrected chi connectivity index (χ0v) is 17.4. The molecule has 0 bridgehead atoms. The summed E-state index contributed by atoms with van der Waals surface area (Å²) >= 11 is 5.83. The van der Waals surface area contributed by atoms with Crippen LogP contribution in [0.5, 0.6) is 0 Å². The maximum absolute atomic E-state index is 12.4. The van der Waals surface area contributed by atoms with Gasteiger partial charge in [-0.1, -0.05) is 54.1 Å². The van der Waals surface area contributed by atoms with Crippen molar-refractivity contribution in [1.82, 2.24) is 4.72 Å². The highest BCUT2D eigenvalue weighted by molar-refractivity contribution is 7.89. The van der Waals surface area contributed by atoms with Crippen molar-refractivity contribution in [3.05, 3.63) is 95.0 Å². The lowest BCUT2D eigenvalue weighted by Crippen LogP contribution is -2.29. The third-order valence-electron chi connectivity index (χ3n) is 4.24. The Morgan fingerprint density at radius 2 is 1.47 bits per heavy atom. The lowest BCUT2D eigenvalue weighted by molar-refractivity contribution is -0.115. The molecule has 0 aliphatic carbocycles. The van der Waals surface area contributed by atoms with Gasteiger partial charge in [0.1, 0.15) is 0 Å². The van der Waals surface area contributed by atoms with E-state index in [0.717, 1.165) is 5.56 Å². The minimum atomic E-state index is -3.86. The molecule has 0 aromatic heterocycles. The van der Waals surface area contributed by atoms with Crippen molar-refractivity contribution in [3.8, 4) is 0 Å². The molecule has 0 heterocycles. The van der Waals surface area contributed by atoms with Crippen molar-refractivity contribution in [2.45, 2.75) is 11.3 Å². The number of rotatable bonds is 8. The van der Waals surface area contributed by atoms with Gasteiger partial charge in [-0.25, -0.2) is 13.1 Å². The van der Waals surface area contributed by atoms with Gasteiger partial charge in [-0.3, -0.25) is 9.59 Å². The van der Waals surface area contributed by atoms with E-state index in [9.17, 15) is 18.0 Å². The molecule has 0 unspecified atom stereocenters. The molecule has 3 aromatic rings. The van der Waals surface area contributed by atoms with Crippen molar-refractivity contribution in [2.75, 3.05) is 11.9 Å². The first-order chi connectivity index (χ1) is 14.3. The number of benzene rings is 3. The van der Waals surface area contributed by atoms with Crippen molar-refractivity contribution in [2.24, 2.45) is 0 Å². The zero-order chi connectivity index (χ0) is 21.6. The predicted octanol–water partition coefficient (Wildman–Crippen LogP) is 3.68. The Hall–Kier alpha value is -3.00. The molecule has 30 heavy (non-hydrogen) atoms. The SMILES string of the molecule is O=C(Cc1ccc(Cl)cc1)Nc1ccc(S(=O)(=O)NCC(=O)c2ccccc2)cc1. The molecule has 6 nitrogen and oxygen atoms in total. The molecule has 0 saturated carbocycles. The Kier molecular flexibility index (Phi) is 6.99. The average Bonchev–Trinajstić information content (AvgIpc) is 2.75. The Morgan fingerprint density at radius 1 is 0.833 bits per heavy atom. The maximum atomic E-state index is 12.4. The summed E-state index contributed by atoms with van der Waals surface area (Å²) in [7, 11) is -3.86. The van der Waals surface area contributed by atoms with Gasteiger partial charge in [-0.15, -0.1) is 0 Å². The number of anilines is 1. The molecule has 0 radical (unpaired) electrons. The fraction of sp³-hybridized carbons (Fsp3) is 0.0909. The molecule has 1 amide bonds. The number of carbonyl (C=O) groups is 2. The van der Waals surface area contributed by atoms with E-state index in [4.69, 9.17) is 11.6 Å². The molecule has 3 aromatic carbocycles. The standard InChI is InChI=1S/C22H19ClN2O4S/c23-18-8-6-16(7-9-18)14-22(27)25-19-10-12-20(13-11-19)30(28,29)24-15-21(26)17-4-2-1-3-5-17/h1-13,24H,14-15H2,(H,25,27). The molecule has 0 aliphatic heterocycles. The van der Waals surface area contributed by atoms with Gasteiger partial charge < -0.3 is 5.32 Å². The summed E-state index contributed by atoms with van der Waals surface area (Å²) in [5, 5.41) is 3.31. The highest BCUT2D eigenvalue weighted by Gasteiger charge is 2.16. The smallest absolute Gasteiger partial charge is 0.240 e. The van der Waals surface area contributed by atoms with E-state index in [1.807, 2.05) is 0 Å². The fourth-order valence-corrected chi connectivity index (χ4v) is 3.79. The monoisotopic (exact) mass is 442 g/mol. The second-order valence-electron chi connectivity index (χ2n) is 6.49. The second-order valence-corrected chi connectivity index (χ2v) is 8.69. The number of carbonyl (C=O) groups excluding carboxylic acids is 2. The topological polar surface area (TPSA) is 92.3 Å². The largest absolute Gasteiger partial charge is 0.326 e. The van der Waals surface area contributed by atoms with Crippen LogP contribution in [0.2, 0.25) is 5.02 Å². The Balaban J connectivity index is 1.57. The van der Waals surface area contributed by atoms with Crippen LogP contribution in [0.1, 0.15) is 15.9 Å². The van der Waals surface area contributed by atoms with Gasteiger partial charge in [0.2, 0.25) is 15.9 Å². The van der Waals surface area contributed by atoms with Crippen LogP contribution in [0.25, 0.3) is 0 Å². The van der Waals surface area contributed by atoms with Crippen molar-refractivity contribution in [3.63, 3.8) is 0 Å². The van der Waals surface area contributed by atoms with E-state index in [-0.39, 0.29) is 29.6 Å². The molecule has 0 atom stereocenters. The third-order valence-corrected chi connectivity index (χ3v) is 5.91. The normalized spacial score (nSPS) is 11.1. The molecule has 3 rings (SSSR count). The molecule has 0 fully saturated rings. The van der Waals surface area contributed by atoms with Crippen LogP contribution in [-0.4, -0.2) is 26.7 Å². The molecule has 154 valence electrons. The van der Waals surface area contributed by atoms with E-state index >= 15 is 0 Å². The van der Waals surface area contributed by atoms with Gasteiger partial charge in [0, 0.05) is 16.3 Å². The first-order valence-electron chi connectivity index (χ1n) is 9.06. The molecular weight excluding hydrogens is 424 g/mol. The summed E-state index contributed by atoms with van der Waals surface area (Å²) in [6, 6.07) is 21.1.